The van der Waals surface area contributed by atoms with Crippen molar-refractivity contribution in [1.29, 1.82) is 0 Å². The fourth-order valence-electron chi connectivity index (χ4n) is 4.33. The van der Waals surface area contributed by atoms with Crippen molar-refractivity contribution in [3.8, 4) is 0 Å². The number of aromatic carboxylic acids is 1. The Kier molecular flexibility index (Phi) is 6.19. The molecule has 0 unspecified atom stereocenters. The van der Waals surface area contributed by atoms with Crippen LogP contribution >= 0.6 is 11.6 Å². The Morgan fingerprint density at radius 3 is 2.92 bits per heavy atom. The van der Waals surface area contributed by atoms with Gasteiger partial charge in [0.1, 0.15) is 17.6 Å². The monoisotopic (exact) mass is 506 g/mol. The van der Waals surface area contributed by atoms with Crippen molar-refractivity contribution >= 4 is 40.7 Å². The zero-order valence-corrected chi connectivity index (χ0v) is 20.3. The summed E-state index contributed by atoms with van der Waals surface area (Å²) in [6.45, 7) is 4.00. The number of hydrogen-bond acceptors (Lipinski definition) is 7. The topological polar surface area (TPSA) is 122 Å². The SMILES string of the molecule is Cc1cc([C@@H](C)Nc2ccc(Cl)nc2C(=O)O)nc(N2C(=O)OC[C@@H]2Cc2cnn3ccccc23)c1. The number of carboxylic acids is 1. The summed E-state index contributed by atoms with van der Waals surface area (Å²) >= 11 is 5.87. The molecule has 36 heavy (non-hydrogen) atoms. The number of aromatic nitrogens is 4. The number of cyclic esters (lactones) is 1. The van der Waals surface area contributed by atoms with E-state index in [1.807, 2.05) is 50.4 Å². The van der Waals surface area contributed by atoms with Crippen LogP contribution in [-0.2, 0) is 11.2 Å². The molecule has 1 fully saturated rings. The molecule has 5 heterocycles. The van der Waals surface area contributed by atoms with Crippen LogP contribution < -0.4 is 10.2 Å². The van der Waals surface area contributed by atoms with Gasteiger partial charge in [-0.3, -0.25) is 4.90 Å². The van der Waals surface area contributed by atoms with E-state index < -0.39 is 12.1 Å². The first-order valence-electron chi connectivity index (χ1n) is 11.3. The Balaban J connectivity index is 1.43. The Hall–Kier alpha value is -4.18. The molecule has 184 valence electrons. The predicted octanol–water partition coefficient (Wildman–Crippen LogP) is 4.53. The van der Waals surface area contributed by atoms with Gasteiger partial charge in [-0.1, -0.05) is 17.7 Å². The zero-order chi connectivity index (χ0) is 25.4. The lowest BCUT2D eigenvalue weighted by Gasteiger charge is -2.23. The molecule has 10 nitrogen and oxygen atoms in total. The second kappa shape index (κ2) is 9.46. The van der Waals surface area contributed by atoms with Crippen LogP contribution in [0.2, 0.25) is 5.15 Å². The number of aryl methyl sites for hydroxylation is 1. The number of anilines is 2. The van der Waals surface area contributed by atoms with E-state index in [9.17, 15) is 14.7 Å². The highest BCUT2D eigenvalue weighted by Crippen LogP contribution is 2.29. The number of carbonyl (C=O) groups is 2. The molecule has 0 spiro atoms. The van der Waals surface area contributed by atoms with E-state index in [0.717, 1.165) is 16.6 Å². The molecule has 4 aromatic rings. The predicted molar refractivity (Wildman–Crippen MR) is 134 cm³/mol. The Labute approximate surface area is 211 Å². The number of pyridine rings is 3. The molecule has 1 saturated heterocycles. The standard InChI is InChI=1S/C25H23ClN6O4/c1-14-9-19(15(2)28-18-6-7-21(26)30-23(18)24(33)34)29-22(10-14)32-17(13-36-25(32)35)11-16-12-27-31-8-4-3-5-20(16)31/h3-10,12,15,17,28H,11,13H2,1-2H3,(H,33,34)/t15-,17+/m1/s1. The molecule has 11 heteroatoms. The van der Waals surface area contributed by atoms with Gasteiger partial charge in [-0.2, -0.15) is 5.10 Å². The van der Waals surface area contributed by atoms with Gasteiger partial charge < -0.3 is 15.2 Å². The van der Waals surface area contributed by atoms with Crippen LogP contribution in [-0.4, -0.2) is 49.4 Å². The molecule has 1 amide bonds. The smallest absolute Gasteiger partial charge is 0.415 e. The van der Waals surface area contributed by atoms with E-state index in [2.05, 4.69) is 15.4 Å². The van der Waals surface area contributed by atoms with Crippen LogP contribution in [0.25, 0.3) is 5.52 Å². The lowest BCUT2D eigenvalue weighted by Crippen LogP contribution is -2.36. The molecule has 1 aliphatic rings. The van der Waals surface area contributed by atoms with E-state index in [1.165, 1.54) is 6.07 Å². The van der Waals surface area contributed by atoms with E-state index >= 15 is 0 Å². The number of nitrogens with zero attached hydrogens (tertiary/aromatic N) is 5. The molecular formula is C25H23ClN6O4. The number of fused-ring (bicyclic) bond motifs is 1. The Morgan fingerprint density at radius 1 is 1.28 bits per heavy atom. The maximum absolute atomic E-state index is 12.8. The number of halogens is 1. The number of amides is 1. The molecule has 0 saturated carbocycles. The third kappa shape index (κ3) is 4.55. The maximum Gasteiger partial charge on any atom is 0.415 e. The molecule has 2 atom stereocenters. The van der Waals surface area contributed by atoms with Gasteiger partial charge in [0.05, 0.1) is 35.2 Å². The van der Waals surface area contributed by atoms with E-state index in [0.29, 0.717) is 23.6 Å². The van der Waals surface area contributed by atoms with Gasteiger partial charge in [-0.05, 0) is 55.8 Å². The fourth-order valence-corrected chi connectivity index (χ4v) is 4.48. The highest BCUT2D eigenvalue weighted by molar-refractivity contribution is 6.29. The molecule has 5 rings (SSSR count). The van der Waals surface area contributed by atoms with Gasteiger partial charge in [0, 0.05) is 18.2 Å². The van der Waals surface area contributed by atoms with Crippen molar-refractivity contribution in [3.05, 3.63) is 82.5 Å². The average molecular weight is 507 g/mol. The van der Waals surface area contributed by atoms with Gasteiger partial charge in [0.2, 0.25) is 0 Å². The zero-order valence-electron chi connectivity index (χ0n) is 19.6. The lowest BCUT2D eigenvalue weighted by atomic mass is 10.1. The van der Waals surface area contributed by atoms with Crippen LogP contribution in [0.4, 0.5) is 16.3 Å². The van der Waals surface area contributed by atoms with Gasteiger partial charge in [-0.25, -0.2) is 24.1 Å². The third-order valence-electron chi connectivity index (χ3n) is 6.03. The van der Waals surface area contributed by atoms with Crippen molar-refractivity contribution in [3.63, 3.8) is 0 Å². The third-order valence-corrected chi connectivity index (χ3v) is 6.24. The van der Waals surface area contributed by atoms with Crippen molar-refractivity contribution in [2.24, 2.45) is 0 Å². The molecule has 0 aliphatic carbocycles. The number of rotatable bonds is 7. The van der Waals surface area contributed by atoms with E-state index in [4.69, 9.17) is 21.3 Å². The van der Waals surface area contributed by atoms with Crippen LogP contribution in [0, 0.1) is 6.92 Å². The molecule has 1 aliphatic heterocycles. The van der Waals surface area contributed by atoms with Gasteiger partial charge in [-0.15, -0.1) is 0 Å². The molecule has 0 bridgehead atoms. The summed E-state index contributed by atoms with van der Waals surface area (Å²) < 4.78 is 7.20. The molecule has 4 aromatic heterocycles. The summed E-state index contributed by atoms with van der Waals surface area (Å²) in [4.78, 5) is 34.6. The van der Waals surface area contributed by atoms with E-state index in [-0.39, 0.29) is 29.5 Å². The first-order chi connectivity index (χ1) is 17.3. The maximum atomic E-state index is 12.8. The molecular weight excluding hydrogens is 484 g/mol. The summed E-state index contributed by atoms with van der Waals surface area (Å²) in [7, 11) is 0. The summed E-state index contributed by atoms with van der Waals surface area (Å²) in [5.41, 5.74) is 3.63. The first-order valence-corrected chi connectivity index (χ1v) is 11.7. The number of carboxylic acid groups (broad SMARTS) is 1. The van der Waals surface area contributed by atoms with Crippen LogP contribution in [0.3, 0.4) is 0 Å². The second-order valence-corrected chi connectivity index (χ2v) is 9.02. The normalized spacial score (nSPS) is 16.2. The summed E-state index contributed by atoms with van der Waals surface area (Å²) in [6.07, 6.45) is 3.77. The van der Waals surface area contributed by atoms with E-state index in [1.54, 1.807) is 21.7 Å². The Bertz CT molecular complexity index is 1470. The largest absolute Gasteiger partial charge is 0.476 e. The van der Waals surface area contributed by atoms with Crippen molar-refractivity contribution < 1.29 is 19.4 Å². The Morgan fingerprint density at radius 2 is 2.11 bits per heavy atom. The highest BCUT2D eigenvalue weighted by Gasteiger charge is 2.36. The van der Waals surface area contributed by atoms with Crippen molar-refractivity contribution in [1.82, 2.24) is 19.6 Å². The fraction of sp³-hybridized carbons (Fsp3) is 0.240. The lowest BCUT2D eigenvalue weighted by molar-refractivity contribution is 0.0691. The minimum atomic E-state index is -1.19. The molecule has 0 radical (unpaired) electrons. The van der Waals surface area contributed by atoms with Gasteiger partial charge >= 0.3 is 12.1 Å². The number of ether oxygens (including phenoxy) is 1. The minimum absolute atomic E-state index is 0.0892. The second-order valence-electron chi connectivity index (χ2n) is 8.63. The highest BCUT2D eigenvalue weighted by atomic mass is 35.5. The van der Waals surface area contributed by atoms with Crippen LogP contribution in [0.1, 0.15) is 40.3 Å². The summed E-state index contributed by atoms with van der Waals surface area (Å²) in [5.74, 6) is -0.726. The first kappa shape index (κ1) is 23.6. The average Bonchev–Trinajstić information content (AvgIpc) is 3.43. The van der Waals surface area contributed by atoms with Crippen LogP contribution in [0.15, 0.2) is 54.9 Å². The van der Waals surface area contributed by atoms with Gasteiger partial charge in [0.15, 0.2) is 5.69 Å². The number of hydrogen-bond donors (Lipinski definition) is 2. The summed E-state index contributed by atoms with van der Waals surface area (Å²) in [6, 6.07) is 12.0. The number of nitrogens with one attached hydrogen (secondary N) is 1. The van der Waals surface area contributed by atoms with Gasteiger partial charge in [0.25, 0.3) is 0 Å². The minimum Gasteiger partial charge on any atom is -0.476 e. The van der Waals surface area contributed by atoms with Crippen molar-refractivity contribution in [2.45, 2.75) is 32.4 Å². The number of carbonyl (C=O) groups excluding carboxylic acids is 1. The summed E-state index contributed by atoms with van der Waals surface area (Å²) in [5, 5.41) is 17.1. The van der Waals surface area contributed by atoms with Crippen molar-refractivity contribution in [2.75, 3.05) is 16.8 Å². The molecule has 0 aromatic carbocycles. The van der Waals surface area contributed by atoms with Crippen LogP contribution in [0.5, 0.6) is 0 Å². The molecule has 2 N–H and O–H groups in total. The quantitative estimate of drug-likeness (QED) is 0.351.